The van der Waals surface area contributed by atoms with Crippen molar-refractivity contribution in [2.75, 3.05) is 0 Å². The summed E-state index contributed by atoms with van der Waals surface area (Å²) in [5, 5.41) is 2.94. The van der Waals surface area contributed by atoms with Crippen LogP contribution in [0.25, 0.3) is 0 Å². The van der Waals surface area contributed by atoms with Gasteiger partial charge in [-0.15, -0.1) is 0 Å². The second-order valence-electron chi connectivity index (χ2n) is 6.18. The third kappa shape index (κ3) is 2.62. The molecule has 0 spiro atoms. The van der Waals surface area contributed by atoms with E-state index in [0.29, 0.717) is 18.8 Å². The molecule has 1 saturated carbocycles. The topological polar surface area (TPSA) is 75.2 Å². The Morgan fingerprint density at radius 2 is 2.00 bits per heavy atom. The van der Waals surface area contributed by atoms with Crippen molar-refractivity contribution >= 4 is 11.8 Å². The Morgan fingerprint density at radius 1 is 1.33 bits per heavy atom. The number of carbonyl (C=O) groups is 2. The van der Waals surface area contributed by atoms with Gasteiger partial charge in [0.1, 0.15) is 11.4 Å². The zero-order valence-corrected chi connectivity index (χ0v) is 12.4. The Bertz CT molecular complexity index is 558. The standard InChI is InChI=1S/C15H20N4O2/c1-10-8-13(20)18-15(2,11-4-5-11)14(21)19(10)9-12-16-6-3-7-17-12/h3,6-7,10-11H,4-5,8-9H2,1-2H3,(H,18,20). The summed E-state index contributed by atoms with van der Waals surface area (Å²) in [5.74, 6) is 0.779. The van der Waals surface area contributed by atoms with Gasteiger partial charge in [0.2, 0.25) is 11.8 Å². The summed E-state index contributed by atoms with van der Waals surface area (Å²) in [7, 11) is 0. The first-order chi connectivity index (χ1) is 10.0. The maximum Gasteiger partial charge on any atom is 0.248 e. The van der Waals surface area contributed by atoms with E-state index in [1.165, 1.54) is 0 Å². The fraction of sp³-hybridized carbons (Fsp3) is 0.600. The molecule has 1 aliphatic heterocycles. The Morgan fingerprint density at radius 3 is 2.62 bits per heavy atom. The van der Waals surface area contributed by atoms with Crippen LogP contribution in [0.15, 0.2) is 18.5 Å². The smallest absolute Gasteiger partial charge is 0.248 e. The maximum atomic E-state index is 13.0. The van der Waals surface area contributed by atoms with Crippen molar-refractivity contribution in [1.82, 2.24) is 20.2 Å². The molecule has 0 aromatic carbocycles. The fourth-order valence-electron chi connectivity index (χ4n) is 3.00. The van der Waals surface area contributed by atoms with Gasteiger partial charge >= 0.3 is 0 Å². The Kier molecular flexibility index (Phi) is 3.39. The molecule has 1 aliphatic carbocycles. The van der Waals surface area contributed by atoms with Crippen LogP contribution in [-0.2, 0) is 16.1 Å². The Balaban J connectivity index is 1.89. The summed E-state index contributed by atoms with van der Waals surface area (Å²) >= 11 is 0. The minimum absolute atomic E-state index is 0.0178. The highest BCUT2D eigenvalue weighted by Crippen LogP contribution is 2.42. The second kappa shape index (κ2) is 5.09. The first-order valence-electron chi connectivity index (χ1n) is 7.38. The highest BCUT2D eigenvalue weighted by Gasteiger charge is 2.52. The minimum Gasteiger partial charge on any atom is -0.342 e. The summed E-state index contributed by atoms with van der Waals surface area (Å²) in [6.07, 6.45) is 5.64. The number of nitrogens with zero attached hydrogens (tertiary/aromatic N) is 3. The van der Waals surface area contributed by atoms with Gasteiger partial charge in [-0.1, -0.05) is 0 Å². The van der Waals surface area contributed by atoms with Gasteiger partial charge in [-0.05, 0) is 38.7 Å². The van der Waals surface area contributed by atoms with E-state index in [1.807, 2.05) is 13.8 Å². The predicted octanol–water partition coefficient (Wildman–Crippen LogP) is 0.882. The SMILES string of the molecule is CC1CC(=O)NC(C)(C2CC2)C(=O)N1Cc1ncccn1. The molecule has 21 heavy (non-hydrogen) atoms. The van der Waals surface area contributed by atoms with Gasteiger partial charge in [0.05, 0.1) is 6.54 Å². The molecule has 1 N–H and O–H groups in total. The summed E-state index contributed by atoms with van der Waals surface area (Å²) in [6, 6.07) is 1.60. The molecule has 2 amide bonds. The molecule has 0 bridgehead atoms. The maximum absolute atomic E-state index is 13.0. The molecule has 6 nitrogen and oxygen atoms in total. The number of carbonyl (C=O) groups excluding carboxylic acids is 2. The molecular weight excluding hydrogens is 268 g/mol. The minimum atomic E-state index is -0.781. The summed E-state index contributed by atoms with van der Waals surface area (Å²) in [5.41, 5.74) is -0.781. The van der Waals surface area contributed by atoms with Crippen molar-refractivity contribution in [1.29, 1.82) is 0 Å². The normalized spacial score (nSPS) is 30.0. The fourth-order valence-corrected chi connectivity index (χ4v) is 3.00. The molecule has 3 rings (SSSR count). The number of amides is 2. The monoisotopic (exact) mass is 288 g/mol. The number of rotatable bonds is 3. The average Bonchev–Trinajstić information content (AvgIpc) is 3.29. The van der Waals surface area contributed by atoms with Gasteiger partial charge in [0, 0.05) is 24.9 Å². The van der Waals surface area contributed by atoms with Crippen LogP contribution in [0.4, 0.5) is 0 Å². The Labute approximate surface area is 124 Å². The first kappa shape index (κ1) is 14.0. The second-order valence-corrected chi connectivity index (χ2v) is 6.18. The first-order valence-corrected chi connectivity index (χ1v) is 7.38. The van der Waals surface area contributed by atoms with Crippen LogP contribution in [0.5, 0.6) is 0 Å². The van der Waals surface area contributed by atoms with E-state index in [1.54, 1.807) is 23.4 Å². The number of aromatic nitrogens is 2. The summed E-state index contributed by atoms with van der Waals surface area (Å²) in [6.45, 7) is 4.10. The van der Waals surface area contributed by atoms with Gasteiger partial charge in [-0.2, -0.15) is 0 Å². The van der Waals surface area contributed by atoms with Crippen molar-refractivity contribution in [3.8, 4) is 0 Å². The number of nitrogens with one attached hydrogen (secondary N) is 1. The van der Waals surface area contributed by atoms with Gasteiger partial charge in [0.15, 0.2) is 0 Å². The van der Waals surface area contributed by atoms with E-state index in [0.717, 1.165) is 12.8 Å². The number of hydrogen-bond acceptors (Lipinski definition) is 4. The molecule has 1 saturated heterocycles. The van der Waals surface area contributed by atoms with Crippen molar-refractivity contribution < 1.29 is 9.59 Å². The Hall–Kier alpha value is -1.98. The lowest BCUT2D eigenvalue weighted by molar-refractivity contribution is -0.141. The highest BCUT2D eigenvalue weighted by molar-refractivity contribution is 5.94. The molecule has 112 valence electrons. The molecule has 1 aromatic rings. The lowest BCUT2D eigenvalue weighted by Crippen LogP contribution is -2.57. The molecule has 2 unspecified atom stereocenters. The lowest BCUT2D eigenvalue weighted by atomic mass is 9.94. The van der Waals surface area contributed by atoms with Crippen LogP contribution in [-0.4, -0.2) is 38.3 Å². The molecule has 2 fully saturated rings. The molecule has 1 aromatic heterocycles. The van der Waals surface area contributed by atoms with Crippen molar-refractivity contribution in [2.45, 2.75) is 51.2 Å². The molecule has 2 atom stereocenters. The van der Waals surface area contributed by atoms with Crippen molar-refractivity contribution in [3.05, 3.63) is 24.3 Å². The van der Waals surface area contributed by atoms with E-state index in [9.17, 15) is 9.59 Å². The van der Waals surface area contributed by atoms with Crippen LogP contribution in [0.2, 0.25) is 0 Å². The molecule has 6 heteroatoms. The molecule has 2 aliphatic rings. The van der Waals surface area contributed by atoms with Gasteiger partial charge in [-0.3, -0.25) is 9.59 Å². The van der Waals surface area contributed by atoms with E-state index >= 15 is 0 Å². The van der Waals surface area contributed by atoms with Gasteiger partial charge in [-0.25, -0.2) is 9.97 Å². The van der Waals surface area contributed by atoms with E-state index in [4.69, 9.17) is 0 Å². The van der Waals surface area contributed by atoms with E-state index < -0.39 is 5.54 Å². The van der Waals surface area contributed by atoms with Crippen LogP contribution < -0.4 is 5.32 Å². The lowest BCUT2D eigenvalue weighted by Gasteiger charge is -2.34. The van der Waals surface area contributed by atoms with Gasteiger partial charge < -0.3 is 10.2 Å². The highest BCUT2D eigenvalue weighted by atomic mass is 16.2. The number of hydrogen-bond donors (Lipinski definition) is 1. The van der Waals surface area contributed by atoms with E-state index in [-0.39, 0.29) is 23.8 Å². The van der Waals surface area contributed by atoms with E-state index in [2.05, 4.69) is 15.3 Å². The van der Waals surface area contributed by atoms with Crippen LogP contribution in [0, 0.1) is 5.92 Å². The zero-order chi connectivity index (χ0) is 15.0. The third-order valence-corrected chi connectivity index (χ3v) is 4.44. The predicted molar refractivity (Wildman–Crippen MR) is 75.9 cm³/mol. The average molecular weight is 288 g/mol. The largest absolute Gasteiger partial charge is 0.342 e. The molecular formula is C15H20N4O2. The van der Waals surface area contributed by atoms with Crippen LogP contribution in [0.1, 0.15) is 38.9 Å². The molecule has 0 radical (unpaired) electrons. The van der Waals surface area contributed by atoms with Gasteiger partial charge in [0.25, 0.3) is 0 Å². The van der Waals surface area contributed by atoms with Crippen molar-refractivity contribution in [2.24, 2.45) is 5.92 Å². The quantitative estimate of drug-likeness (QED) is 0.896. The molecule has 2 heterocycles. The van der Waals surface area contributed by atoms with Crippen LogP contribution in [0.3, 0.4) is 0 Å². The summed E-state index contributed by atoms with van der Waals surface area (Å²) in [4.78, 5) is 35.1. The summed E-state index contributed by atoms with van der Waals surface area (Å²) < 4.78 is 0. The van der Waals surface area contributed by atoms with Crippen molar-refractivity contribution in [3.63, 3.8) is 0 Å². The van der Waals surface area contributed by atoms with Crippen LogP contribution >= 0.6 is 0 Å². The third-order valence-electron chi connectivity index (χ3n) is 4.44. The zero-order valence-electron chi connectivity index (χ0n) is 12.4.